The molecule has 0 aliphatic heterocycles. The predicted molar refractivity (Wildman–Crippen MR) is 61.4 cm³/mol. The molecule has 2 rings (SSSR count). The van der Waals surface area contributed by atoms with Gasteiger partial charge in [-0.25, -0.2) is 0 Å². The van der Waals surface area contributed by atoms with Crippen LogP contribution in [-0.2, 0) is 0 Å². The van der Waals surface area contributed by atoms with Crippen molar-refractivity contribution in [2.75, 3.05) is 0 Å². The molecule has 6 nitrogen and oxygen atoms in total. The second kappa shape index (κ2) is 4.64. The van der Waals surface area contributed by atoms with E-state index < -0.39 is 11.8 Å². The van der Waals surface area contributed by atoms with Gasteiger partial charge >= 0.3 is 0 Å². The number of furan rings is 1. The Morgan fingerprint density at radius 3 is 2.50 bits per heavy atom. The molecule has 90 valence electrons. The highest BCUT2D eigenvalue weighted by Crippen LogP contribution is 2.31. The fraction of sp³-hybridized carbons (Fsp3) is 0.250. The summed E-state index contributed by atoms with van der Waals surface area (Å²) in [4.78, 5) is 11.8. The number of aromatic nitrogens is 2. The van der Waals surface area contributed by atoms with E-state index in [1.165, 1.54) is 6.26 Å². The summed E-state index contributed by atoms with van der Waals surface area (Å²) in [7, 11) is 0. The van der Waals surface area contributed by atoms with E-state index in [1.807, 2.05) is 12.1 Å². The maximum atomic E-state index is 11.8. The summed E-state index contributed by atoms with van der Waals surface area (Å²) < 4.78 is 5.25. The van der Waals surface area contributed by atoms with Crippen LogP contribution in [0.25, 0.3) is 0 Å². The third-order valence-electron chi connectivity index (χ3n) is 2.78. The number of nitrogens with zero attached hydrogens (tertiary/aromatic N) is 2. The molecule has 2 heterocycles. The standard InChI is InChI=1S/C12H10N4O2/c1-7-10(12(17)16-15-7)11(8(5-13)6-14)9-3-2-4-18-9/h2-4,8,11H,1H3,(H2,15,16,17). The summed E-state index contributed by atoms with van der Waals surface area (Å²) in [5.41, 5.74) is 0.611. The van der Waals surface area contributed by atoms with Crippen LogP contribution in [0.15, 0.2) is 27.6 Å². The second-order valence-electron chi connectivity index (χ2n) is 3.85. The molecule has 0 saturated carbocycles. The second-order valence-corrected chi connectivity index (χ2v) is 3.85. The molecule has 0 fully saturated rings. The van der Waals surface area contributed by atoms with E-state index in [2.05, 4.69) is 10.2 Å². The Kier molecular flexibility index (Phi) is 3.03. The van der Waals surface area contributed by atoms with E-state index >= 15 is 0 Å². The summed E-state index contributed by atoms with van der Waals surface area (Å²) in [5.74, 6) is -1.24. The maximum Gasteiger partial charge on any atom is 0.268 e. The number of nitriles is 2. The smallest absolute Gasteiger partial charge is 0.268 e. The number of aromatic amines is 2. The van der Waals surface area contributed by atoms with E-state index in [0.29, 0.717) is 17.0 Å². The van der Waals surface area contributed by atoms with Gasteiger partial charge in [0.2, 0.25) is 0 Å². The molecule has 0 aromatic carbocycles. The minimum absolute atomic E-state index is 0.343. The van der Waals surface area contributed by atoms with E-state index in [4.69, 9.17) is 14.9 Å². The molecular weight excluding hydrogens is 232 g/mol. The molecule has 2 N–H and O–H groups in total. The third-order valence-corrected chi connectivity index (χ3v) is 2.78. The van der Waals surface area contributed by atoms with Gasteiger partial charge in [-0.2, -0.15) is 10.5 Å². The van der Waals surface area contributed by atoms with Crippen molar-refractivity contribution in [3.63, 3.8) is 0 Å². The van der Waals surface area contributed by atoms with Crippen LogP contribution in [-0.4, -0.2) is 10.2 Å². The van der Waals surface area contributed by atoms with Gasteiger partial charge in [0.25, 0.3) is 5.56 Å². The van der Waals surface area contributed by atoms with Crippen LogP contribution in [0, 0.1) is 35.5 Å². The predicted octanol–water partition coefficient (Wildman–Crippen LogP) is 1.40. The molecular formula is C12H10N4O2. The zero-order valence-electron chi connectivity index (χ0n) is 9.60. The van der Waals surface area contributed by atoms with Crippen LogP contribution in [0.4, 0.5) is 0 Å². The molecule has 0 amide bonds. The summed E-state index contributed by atoms with van der Waals surface area (Å²) in [6, 6.07) is 7.10. The Hall–Kier alpha value is -2.73. The number of rotatable bonds is 3. The van der Waals surface area contributed by atoms with Crippen LogP contribution >= 0.6 is 0 Å². The fourth-order valence-electron chi connectivity index (χ4n) is 1.95. The van der Waals surface area contributed by atoms with Gasteiger partial charge in [0.05, 0.1) is 29.9 Å². The number of aryl methyl sites for hydroxylation is 1. The molecule has 1 atom stereocenters. The van der Waals surface area contributed by atoms with Crippen LogP contribution in [0.1, 0.15) is 22.9 Å². The van der Waals surface area contributed by atoms with Crippen molar-refractivity contribution in [1.82, 2.24) is 10.2 Å². The van der Waals surface area contributed by atoms with Crippen LogP contribution < -0.4 is 5.56 Å². The zero-order valence-corrected chi connectivity index (χ0v) is 9.60. The molecule has 6 heteroatoms. The molecule has 1 unspecified atom stereocenters. The molecule has 0 aliphatic carbocycles. The minimum atomic E-state index is -0.980. The van der Waals surface area contributed by atoms with Gasteiger partial charge in [-0.1, -0.05) is 0 Å². The lowest BCUT2D eigenvalue weighted by Gasteiger charge is -2.13. The van der Waals surface area contributed by atoms with Crippen LogP contribution in [0.2, 0.25) is 0 Å². The van der Waals surface area contributed by atoms with Crippen molar-refractivity contribution in [3.05, 3.63) is 45.8 Å². The fourth-order valence-corrected chi connectivity index (χ4v) is 1.95. The summed E-state index contributed by atoms with van der Waals surface area (Å²) in [5, 5.41) is 23.2. The first kappa shape index (κ1) is 11.7. The van der Waals surface area contributed by atoms with E-state index in [0.717, 1.165) is 0 Å². The zero-order chi connectivity index (χ0) is 13.1. The van der Waals surface area contributed by atoms with Gasteiger partial charge in [-0.3, -0.25) is 9.89 Å². The van der Waals surface area contributed by atoms with Crippen molar-refractivity contribution in [2.24, 2.45) is 5.92 Å². The molecule has 0 aliphatic rings. The lowest BCUT2D eigenvalue weighted by Crippen LogP contribution is -2.18. The van der Waals surface area contributed by atoms with Crippen molar-refractivity contribution in [1.29, 1.82) is 10.5 Å². The summed E-state index contributed by atoms with van der Waals surface area (Å²) in [6.45, 7) is 1.70. The molecule has 2 aromatic heterocycles. The van der Waals surface area contributed by atoms with Gasteiger partial charge in [0, 0.05) is 5.69 Å². The van der Waals surface area contributed by atoms with Crippen molar-refractivity contribution < 1.29 is 4.42 Å². The lowest BCUT2D eigenvalue weighted by atomic mass is 9.86. The number of H-pyrrole nitrogens is 2. The Bertz CT molecular complexity index is 652. The van der Waals surface area contributed by atoms with Gasteiger partial charge in [-0.15, -0.1) is 0 Å². The molecule has 0 spiro atoms. The highest BCUT2D eigenvalue weighted by Gasteiger charge is 2.31. The Morgan fingerprint density at radius 2 is 2.06 bits per heavy atom. The molecule has 0 bridgehead atoms. The van der Waals surface area contributed by atoms with Crippen molar-refractivity contribution >= 4 is 0 Å². The Balaban J connectivity index is 2.62. The number of hydrogen-bond donors (Lipinski definition) is 2. The molecule has 2 aromatic rings. The van der Waals surface area contributed by atoms with Crippen LogP contribution in [0.5, 0.6) is 0 Å². The topological polar surface area (TPSA) is 109 Å². The Labute approximate surface area is 102 Å². The normalized spacial score (nSPS) is 12.0. The highest BCUT2D eigenvalue weighted by atomic mass is 16.3. The molecule has 0 radical (unpaired) electrons. The molecule has 0 saturated heterocycles. The van der Waals surface area contributed by atoms with Gasteiger partial charge in [0.15, 0.2) is 0 Å². The average Bonchev–Trinajstić information content (AvgIpc) is 2.99. The summed E-state index contributed by atoms with van der Waals surface area (Å²) in [6.07, 6.45) is 1.45. The number of nitrogens with one attached hydrogen (secondary N) is 2. The quantitative estimate of drug-likeness (QED) is 0.847. The third kappa shape index (κ3) is 1.80. The van der Waals surface area contributed by atoms with Gasteiger partial charge < -0.3 is 9.52 Å². The van der Waals surface area contributed by atoms with Gasteiger partial charge in [-0.05, 0) is 19.1 Å². The number of hydrogen-bond acceptors (Lipinski definition) is 4. The first-order valence-corrected chi connectivity index (χ1v) is 5.28. The summed E-state index contributed by atoms with van der Waals surface area (Å²) >= 11 is 0. The van der Waals surface area contributed by atoms with E-state index in [-0.39, 0.29) is 5.56 Å². The lowest BCUT2D eigenvalue weighted by molar-refractivity contribution is 0.466. The van der Waals surface area contributed by atoms with Gasteiger partial charge in [0.1, 0.15) is 11.7 Å². The largest absolute Gasteiger partial charge is 0.469 e. The Morgan fingerprint density at radius 1 is 1.33 bits per heavy atom. The van der Waals surface area contributed by atoms with Crippen molar-refractivity contribution in [3.8, 4) is 12.1 Å². The van der Waals surface area contributed by atoms with Crippen LogP contribution in [0.3, 0.4) is 0 Å². The SMILES string of the molecule is Cc1[nH][nH]c(=O)c1C(c1ccco1)C(C#N)C#N. The monoisotopic (exact) mass is 242 g/mol. The first-order chi connectivity index (χ1) is 8.69. The highest BCUT2D eigenvalue weighted by molar-refractivity contribution is 5.33. The van der Waals surface area contributed by atoms with E-state index in [1.54, 1.807) is 19.1 Å². The molecule has 18 heavy (non-hydrogen) atoms. The van der Waals surface area contributed by atoms with Crippen molar-refractivity contribution in [2.45, 2.75) is 12.8 Å². The van der Waals surface area contributed by atoms with E-state index in [9.17, 15) is 4.79 Å². The first-order valence-electron chi connectivity index (χ1n) is 5.28. The average molecular weight is 242 g/mol. The maximum absolute atomic E-state index is 11.8. The minimum Gasteiger partial charge on any atom is -0.469 e.